The van der Waals surface area contributed by atoms with E-state index in [0.29, 0.717) is 26.9 Å². The highest BCUT2D eigenvalue weighted by atomic mass is 32.2. The zero-order chi connectivity index (χ0) is 30.0. The number of oxime groups is 1. The Bertz CT molecular complexity index is 1630. The normalized spacial score (nSPS) is 18.3. The molecular formula is C25H22N6O7S4. The molecule has 1 fully saturated rings. The predicted octanol–water partition coefficient (Wildman–Crippen LogP) is 2.70. The maximum absolute atomic E-state index is 13.1. The van der Waals surface area contributed by atoms with E-state index >= 15 is 0 Å². The van der Waals surface area contributed by atoms with Crippen LogP contribution in [0.2, 0.25) is 0 Å². The van der Waals surface area contributed by atoms with Crippen molar-refractivity contribution in [2.45, 2.75) is 15.8 Å². The number of fused-ring (bicyclic) bond motifs is 1. The van der Waals surface area contributed by atoms with Crippen LogP contribution in [0, 0.1) is 0 Å². The zero-order valence-corrected chi connectivity index (χ0v) is 24.7. The summed E-state index contributed by atoms with van der Waals surface area (Å²) in [5.74, 6) is -2.41. The van der Waals surface area contributed by atoms with Gasteiger partial charge < -0.3 is 31.2 Å². The number of aliphatic carboxylic acids is 1. The lowest BCUT2D eigenvalue weighted by Gasteiger charge is -2.49. The number of aromatic hydroxyl groups is 2. The highest BCUT2D eigenvalue weighted by molar-refractivity contribution is 8.01. The van der Waals surface area contributed by atoms with E-state index in [1.807, 2.05) is 0 Å². The number of nitrogens with two attached hydrogens (primary N) is 1. The number of phenols is 2. The minimum absolute atomic E-state index is 0.0429. The van der Waals surface area contributed by atoms with Crippen molar-refractivity contribution in [3.63, 3.8) is 0 Å². The molecule has 17 heteroatoms. The Morgan fingerprint density at radius 3 is 2.76 bits per heavy atom. The van der Waals surface area contributed by atoms with Crippen molar-refractivity contribution < 1.29 is 34.5 Å². The van der Waals surface area contributed by atoms with Crippen LogP contribution >= 0.6 is 46.2 Å². The lowest BCUT2D eigenvalue weighted by Crippen LogP contribution is -2.71. The minimum Gasteiger partial charge on any atom is -0.504 e. The van der Waals surface area contributed by atoms with Crippen LogP contribution in [0.15, 0.2) is 62.4 Å². The fraction of sp³-hybridized carbons (Fsp3) is 0.200. The quantitative estimate of drug-likeness (QED) is 0.0389. The summed E-state index contributed by atoms with van der Waals surface area (Å²) in [6.07, 6.45) is 1.45. The van der Waals surface area contributed by atoms with E-state index in [4.69, 9.17) is 10.6 Å². The van der Waals surface area contributed by atoms with Crippen molar-refractivity contribution in [2.75, 3.05) is 23.8 Å². The molecule has 3 aromatic rings. The summed E-state index contributed by atoms with van der Waals surface area (Å²) in [6.45, 7) is 3.57. The van der Waals surface area contributed by atoms with Gasteiger partial charge in [-0.3, -0.25) is 14.5 Å². The van der Waals surface area contributed by atoms with Crippen molar-refractivity contribution in [1.82, 2.24) is 20.2 Å². The van der Waals surface area contributed by atoms with Gasteiger partial charge in [-0.25, -0.2) is 14.8 Å². The standard InChI is InChI=1S/C25H22N6O7S4/c1-2-5-38-30-17(14-10-40-24(26)27-14)20(34)29-18-21(35)31-19(23(36)37)12(7-39-22(18)31)8-41-25-28-13(9-42-25)11-3-4-15(32)16(33)6-11/h2-4,6,9-10,18,22,32-33H,1,5,7-8H2,(H2,26,27)(H,29,34)(H,36,37)/t18-,22+/m1/s1. The molecule has 0 radical (unpaired) electrons. The second-order valence-corrected chi connectivity index (χ2v) is 12.8. The highest BCUT2D eigenvalue weighted by Crippen LogP contribution is 2.42. The molecule has 0 unspecified atom stereocenters. The lowest BCUT2D eigenvalue weighted by molar-refractivity contribution is -0.150. The molecule has 1 aromatic carbocycles. The minimum atomic E-state index is -1.24. The summed E-state index contributed by atoms with van der Waals surface area (Å²) in [5, 5.41) is 38.7. The van der Waals surface area contributed by atoms with Gasteiger partial charge in [0.25, 0.3) is 11.8 Å². The Balaban J connectivity index is 1.28. The summed E-state index contributed by atoms with van der Waals surface area (Å²) in [5.41, 5.74) is 7.34. The molecule has 0 bridgehead atoms. The first-order chi connectivity index (χ1) is 20.2. The third-order valence-electron chi connectivity index (χ3n) is 5.99. The van der Waals surface area contributed by atoms with Gasteiger partial charge in [-0.05, 0) is 23.8 Å². The molecule has 0 saturated carbocycles. The molecule has 2 aromatic heterocycles. The molecule has 42 heavy (non-hydrogen) atoms. The van der Waals surface area contributed by atoms with Gasteiger partial charge in [0, 0.05) is 27.8 Å². The van der Waals surface area contributed by atoms with Crippen molar-refractivity contribution in [1.29, 1.82) is 0 Å². The fourth-order valence-electron chi connectivity index (χ4n) is 4.05. The van der Waals surface area contributed by atoms with E-state index in [1.54, 1.807) is 11.4 Å². The summed E-state index contributed by atoms with van der Waals surface area (Å²) >= 11 is 5.12. The number of nitrogens with one attached hydrogen (secondary N) is 1. The second-order valence-electron chi connectivity index (χ2n) is 8.70. The maximum Gasteiger partial charge on any atom is 0.352 e. The monoisotopic (exact) mass is 646 g/mol. The van der Waals surface area contributed by atoms with Crippen LogP contribution in [-0.4, -0.2) is 83.2 Å². The summed E-state index contributed by atoms with van der Waals surface area (Å²) in [4.78, 5) is 53.3. The van der Waals surface area contributed by atoms with Crippen molar-refractivity contribution in [3.8, 4) is 22.8 Å². The number of carbonyl (C=O) groups is 3. The second kappa shape index (κ2) is 12.4. The van der Waals surface area contributed by atoms with Crippen LogP contribution in [-0.2, 0) is 19.2 Å². The van der Waals surface area contributed by atoms with E-state index in [2.05, 4.69) is 27.0 Å². The average Bonchev–Trinajstić information content (AvgIpc) is 3.62. The summed E-state index contributed by atoms with van der Waals surface area (Å²) in [7, 11) is 0. The molecule has 2 atom stereocenters. The first-order valence-corrected chi connectivity index (χ1v) is 15.8. The van der Waals surface area contributed by atoms with Gasteiger partial charge in [-0.1, -0.05) is 29.6 Å². The number of β-lactam (4-membered cyclic amide) rings is 1. The molecule has 4 heterocycles. The number of thiazole rings is 2. The molecule has 13 nitrogen and oxygen atoms in total. The number of carboxylic acids is 1. The number of carbonyl (C=O) groups excluding carboxylic acids is 2. The van der Waals surface area contributed by atoms with Crippen LogP contribution in [0.4, 0.5) is 5.13 Å². The highest BCUT2D eigenvalue weighted by Gasteiger charge is 2.54. The number of nitrogens with zero attached hydrogens (tertiary/aromatic N) is 4. The number of thioether (sulfide) groups is 2. The molecule has 1 saturated heterocycles. The number of carboxylic acid groups (broad SMARTS) is 1. The van der Waals surface area contributed by atoms with E-state index in [-0.39, 0.29) is 46.1 Å². The van der Waals surface area contributed by atoms with E-state index < -0.39 is 29.2 Å². The fourth-order valence-corrected chi connectivity index (χ4v) is 7.92. The Kier molecular flexibility index (Phi) is 8.72. The SMILES string of the molecule is C=CCON=C(C(=O)N[C@@H]1C(=O)N2C(C(=O)O)=C(CSc3nc(-c4ccc(O)c(O)c4)cs3)CS[C@@H]12)c1csc(N)n1. The topological polar surface area (TPSA) is 201 Å². The Labute approximate surface area is 254 Å². The lowest BCUT2D eigenvalue weighted by atomic mass is 10.0. The number of rotatable bonds is 11. The number of hydrogen-bond acceptors (Lipinski definition) is 14. The molecule has 2 aliphatic heterocycles. The largest absolute Gasteiger partial charge is 0.504 e. The number of benzene rings is 1. The van der Waals surface area contributed by atoms with Crippen LogP contribution in [0.1, 0.15) is 5.69 Å². The summed E-state index contributed by atoms with van der Waals surface area (Å²) in [6, 6.07) is 3.42. The number of anilines is 1. The summed E-state index contributed by atoms with van der Waals surface area (Å²) < 4.78 is 0.662. The number of amides is 2. The average molecular weight is 647 g/mol. The van der Waals surface area contributed by atoms with Crippen molar-refractivity contribution >= 4 is 74.8 Å². The van der Waals surface area contributed by atoms with Gasteiger partial charge in [-0.2, -0.15) is 0 Å². The Morgan fingerprint density at radius 1 is 1.26 bits per heavy atom. The molecule has 0 spiro atoms. The molecule has 0 aliphatic carbocycles. The molecular weight excluding hydrogens is 625 g/mol. The zero-order valence-electron chi connectivity index (χ0n) is 21.4. The number of nitrogen functional groups attached to an aromatic ring is 1. The third kappa shape index (κ3) is 5.94. The number of aromatic nitrogens is 2. The first kappa shape index (κ1) is 29.4. The Morgan fingerprint density at radius 2 is 2.07 bits per heavy atom. The van der Waals surface area contributed by atoms with Crippen molar-refractivity contribution in [3.05, 3.63) is 58.6 Å². The first-order valence-electron chi connectivity index (χ1n) is 12.0. The predicted molar refractivity (Wildman–Crippen MR) is 161 cm³/mol. The van der Waals surface area contributed by atoms with Gasteiger partial charge in [0.2, 0.25) is 0 Å². The molecule has 2 amide bonds. The number of phenolic OH excluding ortho intramolecular Hbond substituents is 2. The van der Waals surface area contributed by atoms with E-state index in [9.17, 15) is 29.7 Å². The molecule has 5 rings (SSSR count). The maximum atomic E-state index is 13.1. The van der Waals surface area contributed by atoms with Crippen LogP contribution in [0.25, 0.3) is 11.3 Å². The molecule has 218 valence electrons. The smallest absolute Gasteiger partial charge is 0.352 e. The van der Waals surface area contributed by atoms with Gasteiger partial charge in [0.1, 0.15) is 29.4 Å². The molecule has 6 N–H and O–H groups in total. The van der Waals surface area contributed by atoms with E-state index in [0.717, 1.165) is 11.3 Å². The van der Waals surface area contributed by atoms with Gasteiger partial charge in [0.05, 0.1) is 5.69 Å². The van der Waals surface area contributed by atoms with Gasteiger partial charge in [0.15, 0.2) is 26.7 Å². The third-order valence-corrected chi connectivity index (χ3v) is 10.1. The van der Waals surface area contributed by atoms with Gasteiger partial charge in [-0.15, -0.1) is 34.4 Å². The van der Waals surface area contributed by atoms with Gasteiger partial charge >= 0.3 is 5.97 Å². The van der Waals surface area contributed by atoms with Crippen LogP contribution in [0.5, 0.6) is 11.5 Å². The van der Waals surface area contributed by atoms with Crippen molar-refractivity contribution in [2.24, 2.45) is 5.16 Å². The van der Waals surface area contributed by atoms with E-state index in [1.165, 1.54) is 63.3 Å². The molecule has 2 aliphatic rings. The van der Waals surface area contributed by atoms with Crippen LogP contribution in [0.3, 0.4) is 0 Å². The van der Waals surface area contributed by atoms with Crippen LogP contribution < -0.4 is 11.1 Å². The Hall–Kier alpha value is -4.06. The number of hydrogen-bond donors (Lipinski definition) is 5.